The Labute approximate surface area is 147 Å². The van der Waals surface area contributed by atoms with Crippen LogP contribution in [0, 0.1) is 5.92 Å². The number of benzene rings is 1. The Morgan fingerprint density at radius 2 is 1.76 bits per heavy atom. The van der Waals surface area contributed by atoms with E-state index >= 15 is 0 Å². The highest BCUT2D eigenvalue weighted by atomic mass is 16.5. The van der Waals surface area contributed by atoms with Crippen LogP contribution >= 0.6 is 0 Å². The second-order valence-corrected chi connectivity index (χ2v) is 5.58. The summed E-state index contributed by atoms with van der Waals surface area (Å²) in [5, 5.41) is 0. The van der Waals surface area contributed by atoms with Crippen molar-refractivity contribution in [2.75, 3.05) is 13.2 Å². The average molecular weight is 348 g/mol. The van der Waals surface area contributed by atoms with E-state index < -0.39 is 17.8 Å². The van der Waals surface area contributed by atoms with Crippen molar-refractivity contribution in [1.29, 1.82) is 0 Å². The molecule has 1 aromatic carbocycles. The van der Waals surface area contributed by atoms with Crippen LogP contribution in [0.15, 0.2) is 36.4 Å². The van der Waals surface area contributed by atoms with Crippen LogP contribution in [0.3, 0.4) is 0 Å². The Bertz CT molecular complexity index is 608. The van der Waals surface area contributed by atoms with E-state index in [-0.39, 0.29) is 6.61 Å². The van der Waals surface area contributed by atoms with E-state index in [2.05, 4.69) is 29.4 Å². The van der Waals surface area contributed by atoms with Crippen molar-refractivity contribution in [2.24, 2.45) is 5.92 Å². The van der Waals surface area contributed by atoms with E-state index in [0.29, 0.717) is 23.8 Å². The highest BCUT2D eigenvalue weighted by Gasteiger charge is 2.07. The minimum absolute atomic E-state index is 0.221. The van der Waals surface area contributed by atoms with Gasteiger partial charge >= 0.3 is 5.97 Å². The second kappa shape index (κ2) is 10.9. The van der Waals surface area contributed by atoms with Crippen molar-refractivity contribution in [3.8, 4) is 5.75 Å². The number of rotatable bonds is 8. The van der Waals surface area contributed by atoms with E-state index in [9.17, 15) is 14.4 Å². The quantitative estimate of drug-likeness (QED) is 0.426. The summed E-state index contributed by atoms with van der Waals surface area (Å²) in [7, 11) is 0. The second-order valence-electron chi connectivity index (χ2n) is 5.58. The number of esters is 1. The summed E-state index contributed by atoms with van der Waals surface area (Å²) >= 11 is 0. The highest BCUT2D eigenvalue weighted by Crippen LogP contribution is 2.13. The molecule has 2 amide bonds. The van der Waals surface area contributed by atoms with Crippen molar-refractivity contribution in [3.05, 3.63) is 42.0 Å². The number of amides is 2. The molecule has 0 bridgehead atoms. The Morgan fingerprint density at radius 3 is 2.36 bits per heavy atom. The zero-order chi connectivity index (χ0) is 18.7. The zero-order valence-corrected chi connectivity index (χ0v) is 14.7. The number of nitrogens with one attached hydrogen (secondary N) is 2. The van der Waals surface area contributed by atoms with Crippen LogP contribution in [0.2, 0.25) is 0 Å². The van der Waals surface area contributed by atoms with Crippen LogP contribution in [-0.4, -0.2) is 31.0 Å². The summed E-state index contributed by atoms with van der Waals surface area (Å²) in [6.45, 7) is 6.73. The van der Waals surface area contributed by atoms with E-state index in [1.54, 1.807) is 31.2 Å². The molecule has 1 aromatic rings. The molecule has 0 fully saturated rings. The Kier molecular flexibility index (Phi) is 8.78. The molecule has 25 heavy (non-hydrogen) atoms. The van der Waals surface area contributed by atoms with Crippen molar-refractivity contribution < 1.29 is 23.9 Å². The molecule has 0 unspecified atom stereocenters. The normalized spacial score (nSPS) is 10.6. The fourth-order valence-corrected chi connectivity index (χ4v) is 1.68. The number of ether oxygens (including phenoxy) is 2. The molecule has 0 radical (unpaired) electrons. The lowest BCUT2D eigenvalue weighted by Gasteiger charge is -2.09. The van der Waals surface area contributed by atoms with Crippen molar-refractivity contribution in [3.63, 3.8) is 0 Å². The third-order valence-electron chi connectivity index (χ3n) is 3.04. The molecule has 7 nitrogen and oxygen atoms in total. The lowest BCUT2D eigenvalue weighted by Crippen LogP contribution is -2.40. The third kappa shape index (κ3) is 8.55. The average Bonchev–Trinajstić information content (AvgIpc) is 2.58. The molecular formula is C18H24N2O5. The molecule has 0 aliphatic rings. The fourth-order valence-electron chi connectivity index (χ4n) is 1.68. The number of hydrogen-bond donors (Lipinski definition) is 2. The van der Waals surface area contributed by atoms with Crippen molar-refractivity contribution in [1.82, 2.24) is 10.9 Å². The standard InChI is InChI=1S/C18H24N2O5/c1-4-24-17(22)10-9-16(21)19-20-18(23)14-5-7-15(8-6-14)25-12-11-13(2)3/h5-10,13H,4,11-12H2,1-3H3,(H,19,21)(H,20,23). The van der Waals surface area contributed by atoms with Gasteiger partial charge in [-0.05, 0) is 43.5 Å². The molecule has 7 heteroatoms. The Balaban J connectivity index is 2.41. The van der Waals surface area contributed by atoms with Gasteiger partial charge in [-0.25, -0.2) is 4.79 Å². The topological polar surface area (TPSA) is 93.7 Å². The molecule has 0 aromatic heterocycles. The molecular weight excluding hydrogens is 324 g/mol. The molecule has 0 saturated carbocycles. The number of hydrazine groups is 1. The summed E-state index contributed by atoms with van der Waals surface area (Å²) in [5.41, 5.74) is 4.79. The van der Waals surface area contributed by atoms with Gasteiger partial charge in [0.15, 0.2) is 0 Å². The zero-order valence-electron chi connectivity index (χ0n) is 14.7. The van der Waals surface area contributed by atoms with Crippen molar-refractivity contribution in [2.45, 2.75) is 27.2 Å². The van der Waals surface area contributed by atoms with Gasteiger partial charge in [0.1, 0.15) is 5.75 Å². The first-order valence-electron chi connectivity index (χ1n) is 8.10. The maximum atomic E-state index is 11.9. The van der Waals surface area contributed by atoms with Gasteiger partial charge in [-0.3, -0.25) is 20.4 Å². The summed E-state index contributed by atoms with van der Waals surface area (Å²) in [6, 6.07) is 6.58. The molecule has 1 rings (SSSR count). The van der Waals surface area contributed by atoms with E-state index in [1.165, 1.54) is 0 Å². The molecule has 0 spiro atoms. The highest BCUT2D eigenvalue weighted by molar-refractivity contribution is 5.98. The van der Waals surface area contributed by atoms with E-state index in [4.69, 9.17) is 4.74 Å². The van der Waals surface area contributed by atoms with Crippen LogP contribution < -0.4 is 15.6 Å². The Morgan fingerprint density at radius 1 is 1.08 bits per heavy atom. The SMILES string of the molecule is CCOC(=O)C=CC(=O)NNC(=O)c1ccc(OCCC(C)C)cc1. The van der Waals surface area contributed by atoms with Gasteiger partial charge in [0, 0.05) is 17.7 Å². The van der Waals surface area contributed by atoms with E-state index in [1.807, 2.05) is 0 Å². The summed E-state index contributed by atoms with van der Waals surface area (Å²) in [4.78, 5) is 34.5. The maximum absolute atomic E-state index is 11.9. The lowest BCUT2D eigenvalue weighted by molar-refractivity contribution is -0.137. The minimum Gasteiger partial charge on any atom is -0.494 e. The summed E-state index contributed by atoms with van der Waals surface area (Å²) < 4.78 is 10.2. The minimum atomic E-state index is -0.643. The molecule has 0 aliphatic heterocycles. The van der Waals surface area contributed by atoms with Crippen LogP contribution in [0.25, 0.3) is 0 Å². The smallest absolute Gasteiger partial charge is 0.330 e. The van der Waals surface area contributed by atoms with Gasteiger partial charge in [0.05, 0.1) is 13.2 Å². The van der Waals surface area contributed by atoms with Gasteiger partial charge < -0.3 is 9.47 Å². The predicted molar refractivity (Wildman–Crippen MR) is 92.8 cm³/mol. The van der Waals surface area contributed by atoms with Crippen LogP contribution in [0.5, 0.6) is 5.75 Å². The largest absolute Gasteiger partial charge is 0.494 e. The fraction of sp³-hybridized carbons (Fsp3) is 0.389. The third-order valence-corrected chi connectivity index (χ3v) is 3.04. The first kappa shape index (κ1) is 20.2. The number of carbonyl (C=O) groups excluding carboxylic acids is 3. The van der Waals surface area contributed by atoms with Gasteiger partial charge in [0.25, 0.3) is 11.8 Å². The van der Waals surface area contributed by atoms with Gasteiger partial charge in [-0.1, -0.05) is 13.8 Å². The number of hydrogen-bond acceptors (Lipinski definition) is 5. The molecule has 0 saturated heterocycles. The monoisotopic (exact) mass is 348 g/mol. The predicted octanol–water partition coefficient (Wildman–Crippen LogP) is 1.99. The van der Waals surface area contributed by atoms with Crippen LogP contribution in [0.1, 0.15) is 37.6 Å². The maximum Gasteiger partial charge on any atom is 0.330 e. The molecule has 0 heterocycles. The molecule has 136 valence electrons. The first-order chi connectivity index (χ1) is 11.9. The number of carbonyl (C=O) groups is 3. The van der Waals surface area contributed by atoms with E-state index in [0.717, 1.165) is 18.6 Å². The van der Waals surface area contributed by atoms with Gasteiger partial charge in [-0.2, -0.15) is 0 Å². The molecule has 0 aliphatic carbocycles. The molecule has 0 atom stereocenters. The van der Waals surface area contributed by atoms with Crippen LogP contribution in [0.4, 0.5) is 0 Å². The van der Waals surface area contributed by atoms with Gasteiger partial charge in [-0.15, -0.1) is 0 Å². The lowest BCUT2D eigenvalue weighted by atomic mass is 10.1. The van der Waals surface area contributed by atoms with Crippen molar-refractivity contribution >= 4 is 17.8 Å². The molecule has 2 N–H and O–H groups in total. The Hall–Kier alpha value is -2.83. The summed E-state index contributed by atoms with van der Waals surface area (Å²) in [5.74, 6) is -0.510. The first-order valence-corrected chi connectivity index (χ1v) is 8.10. The van der Waals surface area contributed by atoms with Crippen LogP contribution in [-0.2, 0) is 14.3 Å². The summed E-state index contributed by atoms with van der Waals surface area (Å²) in [6.07, 6.45) is 2.91. The van der Waals surface area contributed by atoms with Gasteiger partial charge in [0.2, 0.25) is 0 Å².